The maximum absolute atomic E-state index is 12.6. The second kappa shape index (κ2) is 10.3. The minimum absolute atomic E-state index is 0.00417. The van der Waals surface area contributed by atoms with E-state index in [1.807, 2.05) is 35.0 Å². The fourth-order valence-corrected chi connectivity index (χ4v) is 3.58. The zero-order valence-electron chi connectivity index (χ0n) is 16.7. The Morgan fingerprint density at radius 2 is 2.04 bits per heavy atom. The summed E-state index contributed by atoms with van der Waals surface area (Å²) < 4.78 is 5.86. The third-order valence-corrected chi connectivity index (χ3v) is 5.47. The predicted molar refractivity (Wildman–Crippen MR) is 105 cm³/mol. The van der Waals surface area contributed by atoms with E-state index < -0.39 is 5.97 Å². The van der Waals surface area contributed by atoms with Crippen molar-refractivity contribution >= 4 is 11.9 Å². The van der Waals surface area contributed by atoms with Crippen LogP contribution in [-0.4, -0.2) is 66.1 Å². The van der Waals surface area contributed by atoms with Crippen LogP contribution in [0.1, 0.15) is 51.0 Å². The Balaban J connectivity index is 1.89. The average molecular weight is 376 g/mol. The number of benzene rings is 1. The van der Waals surface area contributed by atoms with E-state index in [0.29, 0.717) is 19.0 Å². The van der Waals surface area contributed by atoms with Crippen LogP contribution in [0.2, 0.25) is 0 Å². The summed E-state index contributed by atoms with van der Waals surface area (Å²) in [4.78, 5) is 27.2. The molecule has 0 saturated carbocycles. The first-order valence-corrected chi connectivity index (χ1v) is 9.83. The SMILES string of the molecule is CC[C@@H](C)c1ccccc1OCC(=O)N1CCC[C@@H](N(C)CC(=O)O)CC1. The minimum Gasteiger partial charge on any atom is -0.483 e. The summed E-state index contributed by atoms with van der Waals surface area (Å²) in [6.07, 6.45) is 3.60. The van der Waals surface area contributed by atoms with Gasteiger partial charge in [-0.15, -0.1) is 0 Å². The van der Waals surface area contributed by atoms with Crippen LogP contribution in [0.4, 0.5) is 0 Å². The normalized spacial score (nSPS) is 18.8. The van der Waals surface area contributed by atoms with Gasteiger partial charge in [-0.1, -0.05) is 32.0 Å². The Labute approximate surface area is 162 Å². The van der Waals surface area contributed by atoms with Gasteiger partial charge in [-0.2, -0.15) is 0 Å². The molecule has 1 N–H and O–H groups in total. The topological polar surface area (TPSA) is 70.1 Å². The van der Waals surface area contributed by atoms with Crippen molar-refractivity contribution in [3.63, 3.8) is 0 Å². The molecule has 2 atom stereocenters. The van der Waals surface area contributed by atoms with Gasteiger partial charge in [0.25, 0.3) is 5.91 Å². The summed E-state index contributed by atoms with van der Waals surface area (Å²) in [7, 11) is 1.84. The molecule has 150 valence electrons. The lowest BCUT2D eigenvalue weighted by Gasteiger charge is -2.25. The molecule has 1 fully saturated rings. The number of likely N-dealkylation sites (tertiary alicyclic amines) is 1. The van der Waals surface area contributed by atoms with Crippen LogP contribution in [0.3, 0.4) is 0 Å². The smallest absolute Gasteiger partial charge is 0.317 e. The molecule has 0 spiro atoms. The second-order valence-corrected chi connectivity index (χ2v) is 7.41. The van der Waals surface area contributed by atoms with Crippen LogP contribution in [0.5, 0.6) is 5.75 Å². The number of para-hydroxylation sites is 1. The van der Waals surface area contributed by atoms with Gasteiger partial charge in [0.2, 0.25) is 0 Å². The molecule has 0 bridgehead atoms. The molecule has 2 rings (SSSR count). The highest BCUT2D eigenvalue weighted by molar-refractivity contribution is 5.77. The first-order valence-electron chi connectivity index (χ1n) is 9.83. The molecule has 1 aromatic carbocycles. The van der Waals surface area contributed by atoms with Crippen molar-refractivity contribution in [3.05, 3.63) is 29.8 Å². The summed E-state index contributed by atoms with van der Waals surface area (Å²) in [5.74, 6) is 0.354. The maximum Gasteiger partial charge on any atom is 0.317 e. The van der Waals surface area contributed by atoms with Crippen LogP contribution < -0.4 is 4.74 Å². The molecule has 0 unspecified atom stereocenters. The lowest BCUT2D eigenvalue weighted by atomic mass is 9.98. The van der Waals surface area contributed by atoms with Gasteiger partial charge >= 0.3 is 5.97 Å². The van der Waals surface area contributed by atoms with E-state index in [2.05, 4.69) is 19.9 Å². The van der Waals surface area contributed by atoms with Gasteiger partial charge in [-0.05, 0) is 50.3 Å². The first kappa shape index (κ1) is 21.2. The van der Waals surface area contributed by atoms with Crippen LogP contribution in [0, 0.1) is 0 Å². The molecule has 6 heteroatoms. The van der Waals surface area contributed by atoms with Gasteiger partial charge in [0.05, 0.1) is 6.54 Å². The fourth-order valence-electron chi connectivity index (χ4n) is 3.58. The van der Waals surface area contributed by atoms with Gasteiger partial charge in [-0.3, -0.25) is 14.5 Å². The monoisotopic (exact) mass is 376 g/mol. The molecule has 1 aromatic rings. The van der Waals surface area contributed by atoms with Gasteiger partial charge in [0, 0.05) is 19.1 Å². The van der Waals surface area contributed by atoms with E-state index in [0.717, 1.165) is 37.0 Å². The fraction of sp³-hybridized carbons (Fsp3) is 0.619. The van der Waals surface area contributed by atoms with Crippen LogP contribution in [-0.2, 0) is 9.59 Å². The molecule has 1 saturated heterocycles. The van der Waals surface area contributed by atoms with Gasteiger partial charge in [0.15, 0.2) is 6.61 Å². The van der Waals surface area contributed by atoms with Crippen molar-refractivity contribution in [2.24, 2.45) is 0 Å². The number of carbonyl (C=O) groups excluding carboxylic acids is 1. The highest BCUT2D eigenvalue weighted by Crippen LogP contribution is 2.28. The Bertz CT molecular complexity index is 634. The predicted octanol–water partition coefficient (Wildman–Crippen LogP) is 2.98. The number of carboxylic acid groups (broad SMARTS) is 1. The quantitative estimate of drug-likeness (QED) is 0.755. The van der Waals surface area contributed by atoms with Gasteiger partial charge in [0.1, 0.15) is 5.75 Å². The number of hydrogen-bond acceptors (Lipinski definition) is 4. The third kappa shape index (κ3) is 6.24. The number of carboxylic acids is 1. The highest BCUT2D eigenvalue weighted by Gasteiger charge is 2.24. The standard InChI is InChI=1S/C21H32N2O4/c1-4-16(2)18-9-5-6-10-19(18)27-15-20(24)23-12-7-8-17(11-13-23)22(3)14-21(25)26/h5-6,9-10,16-17H,4,7-8,11-15H2,1-3H3,(H,25,26)/t16-,17-/m1/s1. The maximum atomic E-state index is 12.6. The molecular weight excluding hydrogens is 344 g/mol. The van der Waals surface area contributed by atoms with E-state index in [1.165, 1.54) is 0 Å². The van der Waals surface area contributed by atoms with Gasteiger partial charge < -0.3 is 14.7 Å². The highest BCUT2D eigenvalue weighted by atomic mass is 16.5. The molecule has 1 amide bonds. The van der Waals surface area contributed by atoms with Crippen LogP contribution >= 0.6 is 0 Å². The van der Waals surface area contributed by atoms with Crippen molar-refractivity contribution in [2.45, 2.75) is 51.5 Å². The summed E-state index contributed by atoms with van der Waals surface area (Å²) in [5, 5.41) is 8.96. The molecule has 0 aliphatic carbocycles. The van der Waals surface area contributed by atoms with E-state index in [4.69, 9.17) is 9.84 Å². The molecule has 0 radical (unpaired) electrons. The summed E-state index contributed by atoms with van der Waals surface area (Å²) >= 11 is 0. The zero-order chi connectivity index (χ0) is 19.8. The number of carbonyl (C=O) groups is 2. The lowest BCUT2D eigenvalue weighted by Crippen LogP contribution is -2.38. The number of aliphatic carboxylic acids is 1. The van der Waals surface area contributed by atoms with E-state index in [1.54, 1.807) is 0 Å². The largest absolute Gasteiger partial charge is 0.483 e. The Kier molecular flexibility index (Phi) is 8.10. The number of hydrogen-bond donors (Lipinski definition) is 1. The Morgan fingerprint density at radius 1 is 1.30 bits per heavy atom. The first-order chi connectivity index (χ1) is 12.9. The lowest BCUT2D eigenvalue weighted by molar-refractivity contribution is -0.138. The molecule has 27 heavy (non-hydrogen) atoms. The van der Waals surface area contributed by atoms with Crippen molar-refractivity contribution < 1.29 is 19.4 Å². The third-order valence-electron chi connectivity index (χ3n) is 5.47. The number of rotatable bonds is 8. The van der Waals surface area contributed by atoms with Crippen molar-refractivity contribution in [1.82, 2.24) is 9.80 Å². The summed E-state index contributed by atoms with van der Waals surface area (Å²) in [6.45, 7) is 5.72. The van der Waals surface area contributed by atoms with E-state index in [-0.39, 0.29) is 25.1 Å². The van der Waals surface area contributed by atoms with Crippen LogP contribution in [0.25, 0.3) is 0 Å². The molecule has 1 aliphatic rings. The van der Waals surface area contributed by atoms with E-state index >= 15 is 0 Å². The molecular formula is C21H32N2O4. The molecule has 1 aliphatic heterocycles. The van der Waals surface area contributed by atoms with Crippen molar-refractivity contribution in [1.29, 1.82) is 0 Å². The molecule has 6 nitrogen and oxygen atoms in total. The number of nitrogens with zero attached hydrogens (tertiary/aromatic N) is 2. The van der Waals surface area contributed by atoms with Crippen LogP contribution in [0.15, 0.2) is 24.3 Å². The summed E-state index contributed by atoms with van der Waals surface area (Å²) in [6, 6.07) is 8.11. The van der Waals surface area contributed by atoms with Gasteiger partial charge in [-0.25, -0.2) is 0 Å². The Morgan fingerprint density at radius 3 is 2.74 bits per heavy atom. The molecule has 0 aromatic heterocycles. The number of amides is 1. The Hall–Kier alpha value is -2.08. The average Bonchev–Trinajstić information content (AvgIpc) is 2.91. The minimum atomic E-state index is -0.817. The van der Waals surface area contributed by atoms with Crippen molar-refractivity contribution in [2.75, 3.05) is 33.3 Å². The number of likely N-dealkylation sites (N-methyl/N-ethyl adjacent to an activating group) is 1. The van der Waals surface area contributed by atoms with E-state index in [9.17, 15) is 9.59 Å². The second-order valence-electron chi connectivity index (χ2n) is 7.41. The molecule has 1 heterocycles. The number of ether oxygens (including phenoxy) is 1. The summed E-state index contributed by atoms with van der Waals surface area (Å²) in [5.41, 5.74) is 1.14. The zero-order valence-corrected chi connectivity index (χ0v) is 16.7. The van der Waals surface area contributed by atoms with Crippen molar-refractivity contribution in [3.8, 4) is 5.75 Å².